The Morgan fingerprint density at radius 1 is 1.14 bits per heavy atom. The standard InChI is InChI=1S/C24H25FN2O6S2/c1-2-12-35(31,32)21-9-5-18(6-10-21)23-14-22(26-33-23)24(28)27(20-11-13-34(29,30)16-20)15-17-3-7-19(25)8-4-17/h3-10,14,20H,2,11-13,15-16H2,1H3. The van der Waals surface area contributed by atoms with Crippen LogP contribution in [0.4, 0.5) is 4.39 Å². The van der Waals surface area contributed by atoms with E-state index in [0.29, 0.717) is 24.0 Å². The Kier molecular flexibility index (Phi) is 7.09. The minimum atomic E-state index is -3.36. The van der Waals surface area contributed by atoms with Crippen LogP contribution in [0.25, 0.3) is 11.3 Å². The van der Waals surface area contributed by atoms with E-state index in [1.165, 1.54) is 35.2 Å². The molecule has 1 fully saturated rings. The van der Waals surface area contributed by atoms with Crippen molar-refractivity contribution in [1.82, 2.24) is 10.1 Å². The summed E-state index contributed by atoms with van der Waals surface area (Å²) in [6.45, 7) is 1.88. The summed E-state index contributed by atoms with van der Waals surface area (Å²) in [5.41, 5.74) is 1.19. The van der Waals surface area contributed by atoms with E-state index in [1.807, 2.05) is 0 Å². The molecule has 1 aliphatic rings. The van der Waals surface area contributed by atoms with E-state index in [1.54, 1.807) is 31.2 Å². The SMILES string of the molecule is CCCS(=O)(=O)c1ccc(-c2cc(C(=O)N(Cc3ccc(F)cc3)C3CCS(=O)(=O)C3)no2)cc1. The molecule has 1 atom stereocenters. The molecular weight excluding hydrogens is 495 g/mol. The second kappa shape index (κ2) is 9.90. The molecule has 0 aliphatic carbocycles. The molecule has 1 aliphatic heterocycles. The summed E-state index contributed by atoms with van der Waals surface area (Å²) >= 11 is 0. The van der Waals surface area contributed by atoms with Crippen molar-refractivity contribution in [2.45, 2.75) is 37.2 Å². The third kappa shape index (κ3) is 5.79. The number of hydrogen-bond donors (Lipinski definition) is 0. The topological polar surface area (TPSA) is 115 Å². The number of nitrogens with zero attached hydrogens (tertiary/aromatic N) is 2. The molecule has 11 heteroatoms. The van der Waals surface area contributed by atoms with Gasteiger partial charge in [-0.25, -0.2) is 21.2 Å². The molecule has 0 saturated carbocycles. The molecule has 3 aromatic rings. The fourth-order valence-corrected chi connectivity index (χ4v) is 7.10. The van der Waals surface area contributed by atoms with Gasteiger partial charge >= 0.3 is 0 Å². The molecule has 0 spiro atoms. The monoisotopic (exact) mass is 520 g/mol. The van der Waals surface area contributed by atoms with Crippen molar-refractivity contribution in [3.63, 3.8) is 0 Å². The van der Waals surface area contributed by atoms with Crippen molar-refractivity contribution in [2.24, 2.45) is 0 Å². The lowest BCUT2D eigenvalue weighted by atomic mass is 10.1. The zero-order valence-electron chi connectivity index (χ0n) is 19.1. The summed E-state index contributed by atoms with van der Waals surface area (Å²) in [7, 11) is -6.62. The van der Waals surface area contributed by atoms with Crippen molar-refractivity contribution in [3.05, 3.63) is 71.7 Å². The van der Waals surface area contributed by atoms with E-state index >= 15 is 0 Å². The van der Waals surface area contributed by atoms with Crippen LogP contribution in [0.15, 0.2) is 64.0 Å². The highest BCUT2D eigenvalue weighted by molar-refractivity contribution is 7.91. The third-order valence-electron chi connectivity index (χ3n) is 5.88. The predicted molar refractivity (Wildman–Crippen MR) is 128 cm³/mol. The lowest BCUT2D eigenvalue weighted by Gasteiger charge is -2.27. The Labute approximate surface area is 203 Å². The first kappa shape index (κ1) is 25.1. The van der Waals surface area contributed by atoms with E-state index in [-0.39, 0.29) is 40.2 Å². The number of sulfone groups is 2. The molecule has 2 aromatic carbocycles. The van der Waals surface area contributed by atoms with Gasteiger partial charge in [-0.2, -0.15) is 0 Å². The first-order chi connectivity index (χ1) is 16.6. The van der Waals surface area contributed by atoms with E-state index in [9.17, 15) is 26.0 Å². The van der Waals surface area contributed by atoms with Crippen LogP contribution in [0.3, 0.4) is 0 Å². The molecule has 35 heavy (non-hydrogen) atoms. The van der Waals surface area contributed by atoms with Crippen molar-refractivity contribution in [1.29, 1.82) is 0 Å². The van der Waals surface area contributed by atoms with Crippen LogP contribution in [0.1, 0.15) is 35.8 Å². The quantitative estimate of drug-likeness (QED) is 0.447. The Morgan fingerprint density at radius 3 is 2.43 bits per heavy atom. The lowest BCUT2D eigenvalue weighted by Crippen LogP contribution is -2.40. The zero-order chi connectivity index (χ0) is 25.2. The lowest BCUT2D eigenvalue weighted by molar-refractivity contribution is 0.0670. The number of benzene rings is 2. The summed E-state index contributed by atoms with van der Waals surface area (Å²) in [5.74, 6) is -0.763. The molecule has 4 rings (SSSR count). The number of rotatable bonds is 8. The maximum atomic E-state index is 13.4. The van der Waals surface area contributed by atoms with Gasteiger partial charge in [0, 0.05) is 24.2 Å². The van der Waals surface area contributed by atoms with Crippen LogP contribution in [-0.4, -0.2) is 56.1 Å². The summed E-state index contributed by atoms with van der Waals surface area (Å²) in [5, 5.41) is 3.88. The molecule has 1 unspecified atom stereocenters. The highest BCUT2D eigenvalue weighted by atomic mass is 32.2. The summed E-state index contributed by atoms with van der Waals surface area (Å²) in [4.78, 5) is 15.0. The number of carbonyl (C=O) groups excluding carboxylic acids is 1. The largest absolute Gasteiger partial charge is 0.355 e. The second-order valence-electron chi connectivity index (χ2n) is 8.54. The highest BCUT2D eigenvalue weighted by Crippen LogP contribution is 2.26. The molecule has 1 saturated heterocycles. The van der Waals surface area contributed by atoms with Gasteiger partial charge in [-0.15, -0.1) is 0 Å². The average molecular weight is 521 g/mol. The first-order valence-electron chi connectivity index (χ1n) is 11.1. The molecule has 1 aromatic heterocycles. The van der Waals surface area contributed by atoms with Crippen LogP contribution in [0.2, 0.25) is 0 Å². The summed E-state index contributed by atoms with van der Waals surface area (Å²) in [6.07, 6.45) is 0.808. The van der Waals surface area contributed by atoms with Gasteiger partial charge in [-0.3, -0.25) is 4.79 Å². The Bertz CT molecular complexity index is 1420. The van der Waals surface area contributed by atoms with Crippen molar-refractivity contribution >= 4 is 25.6 Å². The van der Waals surface area contributed by atoms with Crippen LogP contribution < -0.4 is 0 Å². The number of hydrogen-bond acceptors (Lipinski definition) is 7. The Hall–Kier alpha value is -3.05. The average Bonchev–Trinajstić information content (AvgIpc) is 3.45. The van der Waals surface area contributed by atoms with Gasteiger partial charge in [0.1, 0.15) is 5.82 Å². The normalized spacial score (nSPS) is 17.4. The summed E-state index contributed by atoms with van der Waals surface area (Å²) in [6, 6.07) is 12.7. The molecule has 1 amide bonds. The maximum absolute atomic E-state index is 13.4. The maximum Gasteiger partial charge on any atom is 0.276 e. The number of amides is 1. The third-order valence-corrected chi connectivity index (χ3v) is 9.56. The van der Waals surface area contributed by atoms with Gasteiger partial charge in [0.05, 0.1) is 22.2 Å². The molecule has 2 heterocycles. The Balaban J connectivity index is 1.58. The van der Waals surface area contributed by atoms with Crippen LogP contribution in [0.5, 0.6) is 0 Å². The fraction of sp³-hybridized carbons (Fsp3) is 0.333. The smallest absolute Gasteiger partial charge is 0.276 e. The molecule has 0 radical (unpaired) electrons. The van der Waals surface area contributed by atoms with E-state index in [4.69, 9.17) is 4.52 Å². The van der Waals surface area contributed by atoms with Crippen LogP contribution in [-0.2, 0) is 26.2 Å². The van der Waals surface area contributed by atoms with Crippen molar-refractivity contribution in [3.8, 4) is 11.3 Å². The molecule has 8 nitrogen and oxygen atoms in total. The zero-order valence-corrected chi connectivity index (χ0v) is 20.7. The minimum Gasteiger partial charge on any atom is -0.355 e. The summed E-state index contributed by atoms with van der Waals surface area (Å²) < 4.78 is 67.3. The predicted octanol–water partition coefficient (Wildman–Crippen LogP) is 3.49. The number of carbonyl (C=O) groups is 1. The van der Waals surface area contributed by atoms with Crippen LogP contribution in [0, 0.1) is 5.82 Å². The molecular formula is C24H25FN2O6S2. The Morgan fingerprint density at radius 2 is 1.83 bits per heavy atom. The fourth-order valence-electron chi connectivity index (χ4n) is 4.05. The number of halogens is 1. The van der Waals surface area contributed by atoms with Crippen molar-refractivity contribution < 1.29 is 30.5 Å². The van der Waals surface area contributed by atoms with Gasteiger partial charge in [0.25, 0.3) is 5.91 Å². The van der Waals surface area contributed by atoms with Crippen molar-refractivity contribution in [2.75, 3.05) is 17.3 Å². The van der Waals surface area contributed by atoms with Gasteiger partial charge in [-0.1, -0.05) is 24.2 Å². The van der Waals surface area contributed by atoms with Crippen LogP contribution >= 0.6 is 0 Å². The first-order valence-corrected chi connectivity index (χ1v) is 14.6. The van der Waals surface area contributed by atoms with Gasteiger partial charge in [0.2, 0.25) is 0 Å². The molecule has 0 bridgehead atoms. The molecule has 186 valence electrons. The van der Waals surface area contributed by atoms with E-state index < -0.39 is 37.4 Å². The highest BCUT2D eigenvalue weighted by Gasteiger charge is 2.36. The second-order valence-corrected chi connectivity index (χ2v) is 12.9. The molecule has 0 N–H and O–H groups in total. The van der Waals surface area contributed by atoms with E-state index in [0.717, 1.165) is 0 Å². The van der Waals surface area contributed by atoms with Gasteiger partial charge in [-0.05, 0) is 54.8 Å². The van der Waals surface area contributed by atoms with E-state index in [2.05, 4.69) is 5.16 Å². The number of aromatic nitrogens is 1. The van der Waals surface area contributed by atoms with Gasteiger partial charge in [0.15, 0.2) is 31.1 Å². The minimum absolute atomic E-state index is 0.00547. The van der Waals surface area contributed by atoms with Gasteiger partial charge < -0.3 is 9.42 Å².